The number of benzene rings is 3. The third-order valence-corrected chi connectivity index (χ3v) is 5.75. The molecule has 0 amide bonds. The molecule has 0 atom stereocenters. The zero-order valence-electron chi connectivity index (χ0n) is 19.2. The Kier molecular flexibility index (Phi) is 5.33. The summed E-state index contributed by atoms with van der Waals surface area (Å²) in [6.07, 6.45) is 1.96. The zero-order chi connectivity index (χ0) is 23.8. The minimum Gasteiger partial charge on any atom is -0.507 e. The molecule has 0 aliphatic carbocycles. The quantitative estimate of drug-likeness (QED) is 0.386. The molecule has 5 aromatic rings. The van der Waals surface area contributed by atoms with Gasteiger partial charge < -0.3 is 24.1 Å². The van der Waals surface area contributed by atoms with E-state index >= 15 is 0 Å². The number of aromatic nitrogens is 3. The maximum Gasteiger partial charge on any atom is 0.235 e. The number of phenols is 1. The van der Waals surface area contributed by atoms with Crippen molar-refractivity contribution in [2.24, 2.45) is 0 Å². The Hall–Kier alpha value is -4.46. The van der Waals surface area contributed by atoms with Crippen molar-refractivity contribution in [2.75, 3.05) is 28.4 Å². The molecule has 0 fully saturated rings. The smallest absolute Gasteiger partial charge is 0.235 e. The molecule has 8 nitrogen and oxygen atoms in total. The third-order valence-electron chi connectivity index (χ3n) is 5.75. The molecule has 2 aromatic heterocycles. The van der Waals surface area contributed by atoms with Crippen LogP contribution in [0.15, 0.2) is 60.8 Å². The van der Waals surface area contributed by atoms with Crippen molar-refractivity contribution in [2.45, 2.75) is 0 Å². The summed E-state index contributed by atoms with van der Waals surface area (Å²) in [6.45, 7) is 0. The van der Waals surface area contributed by atoms with Crippen molar-refractivity contribution in [1.29, 1.82) is 0 Å². The van der Waals surface area contributed by atoms with E-state index in [0.29, 0.717) is 34.3 Å². The highest BCUT2D eigenvalue weighted by Crippen LogP contribution is 2.51. The summed E-state index contributed by atoms with van der Waals surface area (Å²) in [6, 6.07) is 16.9. The maximum absolute atomic E-state index is 11.1. The van der Waals surface area contributed by atoms with Crippen LogP contribution in [0.2, 0.25) is 0 Å². The summed E-state index contributed by atoms with van der Waals surface area (Å²) in [7, 11) is 6.15. The third kappa shape index (κ3) is 3.31. The van der Waals surface area contributed by atoms with Gasteiger partial charge in [0.1, 0.15) is 11.5 Å². The summed E-state index contributed by atoms with van der Waals surface area (Å²) in [5.41, 5.74) is 4.24. The molecule has 1 N–H and O–H groups in total. The molecule has 0 aliphatic rings. The number of hydrogen-bond acceptors (Lipinski definition) is 7. The molecule has 0 saturated carbocycles. The van der Waals surface area contributed by atoms with Gasteiger partial charge in [-0.25, -0.2) is 9.97 Å². The van der Waals surface area contributed by atoms with Gasteiger partial charge in [0.2, 0.25) is 11.5 Å². The highest BCUT2D eigenvalue weighted by atomic mass is 16.5. The second-order valence-corrected chi connectivity index (χ2v) is 7.54. The van der Waals surface area contributed by atoms with Gasteiger partial charge in [-0.1, -0.05) is 24.3 Å². The van der Waals surface area contributed by atoms with E-state index in [0.717, 1.165) is 27.9 Å². The molecule has 0 aliphatic heterocycles. The Labute approximate surface area is 195 Å². The molecule has 34 heavy (non-hydrogen) atoms. The minimum absolute atomic E-state index is 0.0581. The summed E-state index contributed by atoms with van der Waals surface area (Å²) in [5.74, 6) is 2.18. The molecular weight excluding hydrogens is 434 g/mol. The average molecular weight is 457 g/mol. The number of nitrogens with zero attached hydrogens (tertiary/aromatic N) is 3. The van der Waals surface area contributed by atoms with Crippen LogP contribution in [-0.4, -0.2) is 47.9 Å². The van der Waals surface area contributed by atoms with Gasteiger partial charge in [0.05, 0.1) is 50.7 Å². The van der Waals surface area contributed by atoms with Crippen LogP contribution in [0.25, 0.3) is 39.2 Å². The maximum atomic E-state index is 11.1. The molecule has 0 bridgehead atoms. The Morgan fingerprint density at radius 1 is 0.794 bits per heavy atom. The first-order chi connectivity index (χ1) is 16.6. The molecule has 8 heteroatoms. The van der Waals surface area contributed by atoms with E-state index in [2.05, 4.69) is 4.98 Å². The van der Waals surface area contributed by atoms with Crippen molar-refractivity contribution < 1.29 is 24.1 Å². The van der Waals surface area contributed by atoms with E-state index in [1.54, 1.807) is 7.11 Å². The van der Waals surface area contributed by atoms with E-state index in [1.165, 1.54) is 27.4 Å². The summed E-state index contributed by atoms with van der Waals surface area (Å²) in [4.78, 5) is 9.56. The van der Waals surface area contributed by atoms with E-state index in [4.69, 9.17) is 23.9 Å². The van der Waals surface area contributed by atoms with Crippen LogP contribution in [0.4, 0.5) is 0 Å². The van der Waals surface area contributed by atoms with Crippen LogP contribution in [0.3, 0.4) is 0 Å². The predicted molar refractivity (Wildman–Crippen MR) is 129 cm³/mol. The van der Waals surface area contributed by atoms with Gasteiger partial charge >= 0.3 is 0 Å². The molecule has 0 spiro atoms. The van der Waals surface area contributed by atoms with Crippen LogP contribution < -0.4 is 18.9 Å². The Morgan fingerprint density at radius 2 is 1.53 bits per heavy atom. The van der Waals surface area contributed by atoms with Crippen LogP contribution in [0.1, 0.15) is 0 Å². The van der Waals surface area contributed by atoms with E-state index in [-0.39, 0.29) is 5.75 Å². The Balaban J connectivity index is 1.89. The molecular formula is C26H23N3O5. The average Bonchev–Trinajstić information content (AvgIpc) is 3.24. The van der Waals surface area contributed by atoms with Crippen molar-refractivity contribution in [3.05, 3.63) is 60.8 Å². The normalized spacial score (nSPS) is 11.1. The van der Waals surface area contributed by atoms with Gasteiger partial charge in [0.25, 0.3) is 0 Å². The van der Waals surface area contributed by atoms with Crippen LogP contribution in [0, 0.1) is 0 Å². The highest BCUT2D eigenvalue weighted by Gasteiger charge is 2.26. The molecule has 3 aromatic carbocycles. The molecule has 172 valence electrons. The van der Waals surface area contributed by atoms with Gasteiger partial charge in [-0.3, -0.25) is 4.40 Å². The lowest BCUT2D eigenvalue weighted by molar-refractivity contribution is 0.321. The van der Waals surface area contributed by atoms with E-state index < -0.39 is 0 Å². The lowest BCUT2D eigenvalue weighted by atomic mass is 9.98. The van der Waals surface area contributed by atoms with Crippen molar-refractivity contribution in [3.8, 4) is 51.1 Å². The molecule has 0 saturated heterocycles. The monoisotopic (exact) mass is 457 g/mol. The fraction of sp³-hybridized carbons (Fsp3) is 0.154. The van der Waals surface area contributed by atoms with Gasteiger partial charge in [0, 0.05) is 17.8 Å². The first-order valence-corrected chi connectivity index (χ1v) is 10.5. The number of ether oxygens (including phenoxy) is 4. The van der Waals surface area contributed by atoms with Crippen molar-refractivity contribution in [3.63, 3.8) is 0 Å². The number of aromatic hydroxyl groups is 1. The van der Waals surface area contributed by atoms with Crippen molar-refractivity contribution >= 4 is 16.8 Å². The number of rotatable bonds is 6. The van der Waals surface area contributed by atoms with Gasteiger partial charge in [0.15, 0.2) is 11.5 Å². The minimum atomic E-state index is -0.0581. The van der Waals surface area contributed by atoms with Crippen LogP contribution >= 0.6 is 0 Å². The van der Waals surface area contributed by atoms with Crippen LogP contribution in [-0.2, 0) is 0 Å². The second-order valence-electron chi connectivity index (χ2n) is 7.54. The molecule has 0 radical (unpaired) electrons. The number of fused-ring (bicyclic) bond motifs is 3. The molecule has 0 unspecified atom stereocenters. The Morgan fingerprint density at radius 3 is 2.21 bits per heavy atom. The fourth-order valence-electron chi connectivity index (χ4n) is 4.13. The first kappa shape index (κ1) is 21.4. The lowest BCUT2D eigenvalue weighted by Crippen LogP contribution is -2.01. The number of hydrogen-bond donors (Lipinski definition) is 1. The SMILES string of the molecule is COc1ccc(-c2cn3c(nc2-c2c(O)cc(OC)c(OC)c2OC)nc2ccccc23)cc1. The van der Waals surface area contributed by atoms with Gasteiger partial charge in [-0.05, 0) is 29.8 Å². The van der Waals surface area contributed by atoms with Crippen molar-refractivity contribution in [1.82, 2.24) is 14.4 Å². The largest absolute Gasteiger partial charge is 0.507 e. The number of methoxy groups -OCH3 is 4. The summed E-state index contributed by atoms with van der Waals surface area (Å²) < 4.78 is 23.9. The number of phenolic OH excluding ortho intramolecular Hbond substituents is 1. The fourth-order valence-corrected chi connectivity index (χ4v) is 4.13. The predicted octanol–water partition coefficient (Wildman–Crippen LogP) is 4.96. The topological polar surface area (TPSA) is 87.3 Å². The number of para-hydroxylation sites is 2. The molecule has 2 heterocycles. The van der Waals surface area contributed by atoms with Gasteiger partial charge in [-0.15, -0.1) is 0 Å². The van der Waals surface area contributed by atoms with Crippen LogP contribution in [0.5, 0.6) is 28.7 Å². The zero-order valence-corrected chi connectivity index (χ0v) is 19.2. The summed E-state index contributed by atoms with van der Waals surface area (Å²) >= 11 is 0. The second kappa shape index (κ2) is 8.47. The van der Waals surface area contributed by atoms with E-state index in [1.807, 2.05) is 59.1 Å². The molecule has 5 rings (SSSR count). The lowest BCUT2D eigenvalue weighted by Gasteiger charge is -2.19. The number of imidazole rings is 1. The first-order valence-electron chi connectivity index (χ1n) is 10.5. The van der Waals surface area contributed by atoms with Gasteiger partial charge in [-0.2, -0.15) is 0 Å². The summed E-state index contributed by atoms with van der Waals surface area (Å²) in [5, 5.41) is 11.1. The highest BCUT2D eigenvalue weighted by molar-refractivity contribution is 5.91. The Bertz CT molecular complexity index is 1510. The standard InChI is InChI=1S/C26H23N3O5/c1-31-16-11-9-15(10-12-16)17-14-29-19-8-6-5-7-18(19)27-26(29)28-23(17)22-20(30)13-21(32-2)24(33-3)25(22)34-4/h5-14,30H,1-4H3. The van der Waals surface area contributed by atoms with E-state index in [9.17, 15) is 5.11 Å².